The van der Waals surface area contributed by atoms with Gasteiger partial charge in [0.2, 0.25) is 0 Å². The monoisotopic (exact) mass is 293 g/mol. The van der Waals surface area contributed by atoms with Gasteiger partial charge in [0, 0.05) is 37.6 Å². The zero-order valence-corrected chi connectivity index (χ0v) is 12.4. The number of carbonyl (C=O) groups is 2. The van der Waals surface area contributed by atoms with Gasteiger partial charge in [0.25, 0.3) is 0 Å². The largest absolute Gasteiger partial charge is 0.332 e. The van der Waals surface area contributed by atoms with Gasteiger partial charge >= 0.3 is 11.8 Å². The Hall–Kier alpha value is -1.40. The maximum absolute atomic E-state index is 12.5. The van der Waals surface area contributed by atoms with Crippen LogP contribution >= 0.6 is 11.3 Å². The van der Waals surface area contributed by atoms with Crippen molar-refractivity contribution in [3.05, 3.63) is 21.9 Å². The van der Waals surface area contributed by atoms with Crippen molar-refractivity contribution in [2.24, 2.45) is 0 Å². The lowest BCUT2D eigenvalue weighted by Crippen LogP contribution is -2.53. The fourth-order valence-corrected chi connectivity index (χ4v) is 3.88. The van der Waals surface area contributed by atoms with E-state index in [1.54, 1.807) is 21.1 Å². The van der Waals surface area contributed by atoms with E-state index in [1.165, 1.54) is 10.4 Å². The Bertz CT molecular complexity index is 522. The van der Waals surface area contributed by atoms with Crippen molar-refractivity contribution in [3.63, 3.8) is 0 Å². The normalized spacial score (nSPS) is 22.6. The van der Waals surface area contributed by atoms with E-state index in [-0.39, 0.29) is 17.9 Å². The molecular formula is C14H19N3O2S. The van der Waals surface area contributed by atoms with Crippen molar-refractivity contribution in [3.8, 4) is 0 Å². The van der Waals surface area contributed by atoms with Gasteiger partial charge in [-0.05, 0) is 30.4 Å². The van der Waals surface area contributed by atoms with E-state index in [0.29, 0.717) is 19.6 Å². The van der Waals surface area contributed by atoms with E-state index in [2.05, 4.69) is 16.8 Å². The summed E-state index contributed by atoms with van der Waals surface area (Å²) in [7, 11) is 0. The number of rotatable bonds is 0. The minimum absolute atomic E-state index is 0.00404. The van der Waals surface area contributed by atoms with E-state index in [4.69, 9.17) is 0 Å². The molecule has 0 saturated carbocycles. The molecule has 0 bridgehead atoms. The van der Waals surface area contributed by atoms with Crippen LogP contribution in [0.3, 0.4) is 0 Å². The summed E-state index contributed by atoms with van der Waals surface area (Å²) >= 11 is 1.74. The molecule has 6 heteroatoms. The molecule has 3 rings (SSSR count). The highest BCUT2D eigenvalue weighted by atomic mass is 32.1. The third-order valence-corrected chi connectivity index (χ3v) is 5.12. The number of piperazine rings is 1. The molecule has 20 heavy (non-hydrogen) atoms. The summed E-state index contributed by atoms with van der Waals surface area (Å²) in [5, 5.41) is 5.25. The molecular weight excluding hydrogens is 274 g/mol. The Morgan fingerprint density at radius 3 is 2.75 bits per heavy atom. The lowest BCUT2D eigenvalue weighted by atomic mass is 10.0. The molecule has 1 aromatic heterocycles. The topological polar surface area (TPSA) is 52.7 Å². The molecule has 0 spiro atoms. The van der Waals surface area contributed by atoms with Crippen LogP contribution in [0.15, 0.2) is 11.4 Å². The molecule has 0 aromatic carbocycles. The Morgan fingerprint density at radius 1 is 1.25 bits per heavy atom. The third-order valence-electron chi connectivity index (χ3n) is 4.13. The quantitative estimate of drug-likeness (QED) is 0.714. The molecule has 1 N–H and O–H groups in total. The van der Waals surface area contributed by atoms with Crippen molar-refractivity contribution in [1.82, 2.24) is 15.1 Å². The van der Waals surface area contributed by atoms with E-state index in [9.17, 15) is 9.59 Å². The van der Waals surface area contributed by atoms with Crippen molar-refractivity contribution in [1.29, 1.82) is 0 Å². The number of hydrogen-bond acceptors (Lipinski definition) is 4. The van der Waals surface area contributed by atoms with Gasteiger partial charge < -0.3 is 15.1 Å². The van der Waals surface area contributed by atoms with Gasteiger partial charge in [-0.25, -0.2) is 0 Å². The number of carbonyl (C=O) groups excluding carboxylic acids is 2. The fraction of sp³-hybridized carbons (Fsp3) is 0.571. The van der Waals surface area contributed by atoms with E-state index in [1.807, 2.05) is 6.92 Å². The first kappa shape index (κ1) is 13.6. The minimum Gasteiger partial charge on any atom is -0.332 e. The Kier molecular flexibility index (Phi) is 3.76. The summed E-state index contributed by atoms with van der Waals surface area (Å²) in [5.74, 6) is -0.701. The first-order valence-corrected chi connectivity index (χ1v) is 7.93. The van der Waals surface area contributed by atoms with Crippen molar-refractivity contribution in [2.75, 3.05) is 32.7 Å². The molecule has 0 aliphatic carbocycles. The standard InChI is InChI=1S/C14H19N3O2S/c1-10-11-3-9-20-12(11)2-6-17(10)14(19)13(18)16-7-4-15-5-8-16/h3,9-10,15H,2,4-8H2,1H3. The average molecular weight is 293 g/mol. The number of fused-ring (bicyclic) bond motifs is 1. The fourth-order valence-electron chi connectivity index (χ4n) is 2.91. The number of hydrogen-bond donors (Lipinski definition) is 1. The van der Waals surface area contributed by atoms with Crippen LogP contribution in [0.1, 0.15) is 23.4 Å². The van der Waals surface area contributed by atoms with E-state index < -0.39 is 0 Å². The Balaban J connectivity index is 1.73. The van der Waals surface area contributed by atoms with Gasteiger partial charge in [-0.3, -0.25) is 9.59 Å². The average Bonchev–Trinajstić information content (AvgIpc) is 2.96. The SMILES string of the molecule is CC1c2ccsc2CCN1C(=O)C(=O)N1CCNCC1. The number of amides is 2. The Labute approximate surface area is 122 Å². The van der Waals surface area contributed by atoms with Gasteiger partial charge in [-0.1, -0.05) is 0 Å². The lowest BCUT2D eigenvalue weighted by molar-refractivity contribution is -0.153. The molecule has 1 fully saturated rings. The molecule has 108 valence electrons. The predicted octanol–water partition coefficient (Wildman–Crippen LogP) is 0.626. The highest BCUT2D eigenvalue weighted by Crippen LogP contribution is 2.32. The molecule has 2 amide bonds. The van der Waals surface area contributed by atoms with Crippen LogP contribution in [-0.4, -0.2) is 54.3 Å². The first-order valence-electron chi connectivity index (χ1n) is 7.05. The summed E-state index contributed by atoms with van der Waals surface area (Å²) in [6.07, 6.45) is 0.859. The van der Waals surface area contributed by atoms with Crippen molar-refractivity contribution < 1.29 is 9.59 Å². The molecule has 1 atom stereocenters. The summed E-state index contributed by atoms with van der Waals surface area (Å²) in [4.78, 5) is 29.5. The minimum atomic E-state index is -0.351. The maximum atomic E-state index is 12.5. The zero-order valence-electron chi connectivity index (χ0n) is 11.6. The second-order valence-corrected chi connectivity index (χ2v) is 6.27. The van der Waals surface area contributed by atoms with Gasteiger partial charge in [0.05, 0.1) is 6.04 Å². The molecule has 5 nitrogen and oxygen atoms in total. The lowest BCUT2D eigenvalue weighted by Gasteiger charge is -2.35. The smallest absolute Gasteiger partial charge is 0.312 e. The summed E-state index contributed by atoms with van der Waals surface area (Å²) in [6.45, 7) is 5.43. The van der Waals surface area contributed by atoms with E-state index in [0.717, 1.165) is 19.5 Å². The number of nitrogens with one attached hydrogen (secondary N) is 1. The first-order chi connectivity index (χ1) is 9.68. The molecule has 3 heterocycles. The molecule has 2 aliphatic heterocycles. The van der Waals surface area contributed by atoms with Crippen LogP contribution in [0.5, 0.6) is 0 Å². The Morgan fingerprint density at radius 2 is 2.00 bits per heavy atom. The van der Waals surface area contributed by atoms with Crippen LogP contribution in [0.25, 0.3) is 0 Å². The number of thiophene rings is 1. The van der Waals surface area contributed by atoms with Crippen LogP contribution in [0.4, 0.5) is 0 Å². The summed E-state index contributed by atoms with van der Waals surface area (Å²) in [6, 6.07) is 2.07. The molecule has 0 radical (unpaired) electrons. The number of nitrogens with zero attached hydrogens (tertiary/aromatic N) is 2. The van der Waals surface area contributed by atoms with Gasteiger partial charge in [0.15, 0.2) is 0 Å². The highest BCUT2D eigenvalue weighted by Gasteiger charge is 2.34. The second kappa shape index (κ2) is 5.54. The summed E-state index contributed by atoms with van der Waals surface area (Å²) < 4.78 is 0. The van der Waals surface area contributed by atoms with Crippen molar-refractivity contribution in [2.45, 2.75) is 19.4 Å². The van der Waals surface area contributed by atoms with Crippen molar-refractivity contribution >= 4 is 23.2 Å². The van der Waals surface area contributed by atoms with Crippen LogP contribution in [0.2, 0.25) is 0 Å². The molecule has 1 aromatic rings. The highest BCUT2D eigenvalue weighted by molar-refractivity contribution is 7.10. The molecule has 2 aliphatic rings. The van der Waals surface area contributed by atoms with Gasteiger partial charge in [-0.2, -0.15) is 0 Å². The van der Waals surface area contributed by atoms with Gasteiger partial charge in [0.1, 0.15) is 0 Å². The summed E-state index contributed by atoms with van der Waals surface area (Å²) in [5.41, 5.74) is 1.20. The van der Waals surface area contributed by atoms with Gasteiger partial charge in [-0.15, -0.1) is 11.3 Å². The van der Waals surface area contributed by atoms with Crippen LogP contribution < -0.4 is 5.32 Å². The van der Waals surface area contributed by atoms with Crippen LogP contribution in [-0.2, 0) is 16.0 Å². The van der Waals surface area contributed by atoms with Crippen LogP contribution in [0, 0.1) is 0 Å². The zero-order chi connectivity index (χ0) is 14.1. The van der Waals surface area contributed by atoms with E-state index >= 15 is 0 Å². The molecule has 1 saturated heterocycles. The molecule has 1 unspecified atom stereocenters. The third kappa shape index (κ3) is 2.33. The predicted molar refractivity (Wildman–Crippen MR) is 77.6 cm³/mol. The second-order valence-electron chi connectivity index (χ2n) is 5.27. The maximum Gasteiger partial charge on any atom is 0.312 e.